The van der Waals surface area contributed by atoms with Crippen molar-refractivity contribution in [3.8, 4) is 0 Å². The summed E-state index contributed by atoms with van der Waals surface area (Å²) in [6.45, 7) is 1.93. The lowest BCUT2D eigenvalue weighted by Gasteiger charge is -2.16. The number of rotatable bonds is 6. The summed E-state index contributed by atoms with van der Waals surface area (Å²) in [5.74, 6) is -1.39. The van der Waals surface area contributed by atoms with E-state index < -0.39 is 29.9 Å². The van der Waals surface area contributed by atoms with Crippen LogP contribution < -0.4 is 5.32 Å². The SMILES string of the molecule is CCC(OC(=O)c1ccc(C(F)(F)F)nc1)C(=O)NCc1ccccc1. The van der Waals surface area contributed by atoms with Crippen LogP contribution in [-0.2, 0) is 22.3 Å². The molecule has 1 N–H and O–H groups in total. The van der Waals surface area contributed by atoms with Crippen LogP contribution in [-0.4, -0.2) is 23.0 Å². The highest BCUT2D eigenvalue weighted by atomic mass is 19.4. The Balaban J connectivity index is 1.95. The standard InChI is InChI=1S/C18H17F3N2O3/c1-2-14(16(24)23-10-12-6-4-3-5-7-12)26-17(25)13-8-9-15(22-11-13)18(19,20)21/h3-9,11,14H,2,10H2,1H3,(H,23,24). The Hall–Kier alpha value is -2.90. The number of amides is 1. The number of carbonyl (C=O) groups excluding carboxylic acids is 2. The van der Waals surface area contributed by atoms with Crippen molar-refractivity contribution < 1.29 is 27.5 Å². The minimum atomic E-state index is -4.59. The van der Waals surface area contributed by atoms with E-state index in [1.807, 2.05) is 30.3 Å². The number of benzene rings is 1. The number of hydrogen-bond donors (Lipinski definition) is 1. The second-order valence-corrected chi connectivity index (χ2v) is 5.44. The first-order chi connectivity index (χ1) is 12.3. The molecular formula is C18H17F3N2O3. The molecule has 8 heteroatoms. The monoisotopic (exact) mass is 366 g/mol. The summed E-state index contributed by atoms with van der Waals surface area (Å²) in [6, 6.07) is 10.8. The summed E-state index contributed by atoms with van der Waals surface area (Å²) in [5, 5.41) is 2.66. The summed E-state index contributed by atoms with van der Waals surface area (Å²) in [7, 11) is 0. The van der Waals surface area contributed by atoms with Crippen molar-refractivity contribution in [1.29, 1.82) is 0 Å². The molecule has 1 heterocycles. The van der Waals surface area contributed by atoms with E-state index in [1.54, 1.807) is 6.92 Å². The number of aromatic nitrogens is 1. The molecule has 2 aromatic rings. The molecule has 1 unspecified atom stereocenters. The van der Waals surface area contributed by atoms with Gasteiger partial charge < -0.3 is 10.1 Å². The average Bonchev–Trinajstić information content (AvgIpc) is 2.64. The van der Waals surface area contributed by atoms with Crippen LogP contribution in [0.3, 0.4) is 0 Å². The highest BCUT2D eigenvalue weighted by Gasteiger charge is 2.32. The maximum Gasteiger partial charge on any atom is 0.433 e. The number of ether oxygens (including phenoxy) is 1. The van der Waals surface area contributed by atoms with Crippen molar-refractivity contribution in [3.05, 3.63) is 65.5 Å². The van der Waals surface area contributed by atoms with E-state index in [9.17, 15) is 22.8 Å². The van der Waals surface area contributed by atoms with Crippen LogP contribution >= 0.6 is 0 Å². The molecule has 0 aliphatic rings. The van der Waals surface area contributed by atoms with Gasteiger partial charge in [-0.15, -0.1) is 0 Å². The lowest BCUT2D eigenvalue weighted by molar-refractivity contribution is -0.141. The number of pyridine rings is 1. The largest absolute Gasteiger partial charge is 0.449 e. The summed E-state index contributed by atoms with van der Waals surface area (Å²) in [5.41, 5.74) is -0.386. The van der Waals surface area contributed by atoms with E-state index >= 15 is 0 Å². The van der Waals surface area contributed by atoms with Gasteiger partial charge >= 0.3 is 12.1 Å². The van der Waals surface area contributed by atoms with Crippen molar-refractivity contribution in [2.24, 2.45) is 0 Å². The van der Waals surface area contributed by atoms with Crippen LogP contribution in [0.15, 0.2) is 48.7 Å². The van der Waals surface area contributed by atoms with Gasteiger partial charge in [0.05, 0.1) is 5.56 Å². The molecule has 0 saturated heterocycles. The van der Waals surface area contributed by atoms with E-state index in [2.05, 4.69) is 10.3 Å². The molecule has 1 aromatic carbocycles. The predicted molar refractivity (Wildman–Crippen MR) is 87.0 cm³/mol. The van der Waals surface area contributed by atoms with Gasteiger partial charge in [0.15, 0.2) is 6.10 Å². The molecule has 0 saturated carbocycles. The first kappa shape index (κ1) is 19.4. The topological polar surface area (TPSA) is 68.3 Å². The van der Waals surface area contributed by atoms with Gasteiger partial charge in [-0.3, -0.25) is 9.78 Å². The van der Waals surface area contributed by atoms with E-state index in [0.29, 0.717) is 6.07 Å². The quantitative estimate of drug-likeness (QED) is 0.796. The van der Waals surface area contributed by atoms with Gasteiger partial charge in [0, 0.05) is 12.7 Å². The van der Waals surface area contributed by atoms with Crippen molar-refractivity contribution in [2.75, 3.05) is 0 Å². The number of alkyl halides is 3. The molecule has 0 bridgehead atoms. The van der Waals surface area contributed by atoms with E-state index in [0.717, 1.165) is 17.8 Å². The molecule has 1 amide bonds. The zero-order valence-corrected chi connectivity index (χ0v) is 13.9. The highest BCUT2D eigenvalue weighted by Crippen LogP contribution is 2.27. The Bertz CT molecular complexity index is 747. The van der Waals surface area contributed by atoms with Crippen molar-refractivity contribution in [1.82, 2.24) is 10.3 Å². The van der Waals surface area contributed by atoms with Crippen molar-refractivity contribution in [3.63, 3.8) is 0 Å². The average molecular weight is 366 g/mol. The van der Waals surface area contributed by atoms with E-state index in [1.165, 1.54) is 0 Å². The smallest absolute Gasteiger partial charge is 0.433 e. The van der Waals surface area contributed by atoms with Gasteiger partial charge in [0.2, 0.25) is 0 Å². The fourth-order valence-electron chi connectivity index (χ4n) is 2.10. The van der Waals surface area contributed by atoms with Gasteiger partial charge in [0.1, 0.15) is 5.69 Å². The van der Waals surface area contributed by atoms with E-state index in [4.69, 9.17) is 4.74 Å². The molecule has 1 aromatic heterocycles. The lowest BCUT2D eigenvalue weighted by Crippen LogP contribution is -2.37. The maximum absolute atomic E-state index is 12.5. The van der Waals surface area contributed by atoms with Crippen LogP contribution in [0, 0.1) is 0 Å². The van der Waals surface area contributed by atoms with Gasteiger partial charge in [-0.25, -0.2) is 4.79 Å². The summed E-state index contributed by atoms with van der Waals surface area (Å²) in [6.07, 6.45) is -4.64. The van der Waals surface area contributed by atoms with Crippen molar-refractivity contribution in [2.45, 2.75) is 32.2 Å². The van der Waals surface area contributed by atoms with Crippen molar-refractivity contribution >= 4 is 11.9 Å². The number of nitrogens with one attached hydrogen (secondary N) is 1. The summed E-state index contributed by atoms with van der Waals surface area (Å²) < 4.78 is 42.5. The highest BCUT2D eigenvalue weighted by molar-refractivity contribution is 5.92. The lowest BCUT2D eigenvalue weighted by atomic mass is 10.2. The van der Waals surface area contributed by atoms with Crippen LogP contribution in [0.25, 0.3) is 0 Å². The van der Waals surface area contributed by atoms with Crippen LogP contribution in [0.1, 0.15) is 35.0 Å². The molecule has 0 aliphatic carbocycles. The Morgan fingerprint density at radius 3 is 2.38 bits per heavy atom. The van der Waals surface area contributed by atoms with Gasteiger partial charge in [0.25, 0.3) is 5.91 Å². The Labute approximate surface area is 148 Å². The maximum atomic E-state index is 12.5. The molecule has 0 radical (unpaired) electrons. The third kappa shape index (κ3) is 5.30. The zero-order valence-electron chi connectivity index (χ0n) is 13.9. The normalized spacial score (nSPS) is 12.3. The van der Waals surface area contributed by atoms with Crippen LogP contribution in [0.4, 0.5) is 13.2 Å². The number of halogens is 3. The first-order valence-electron chi connectivity index (χ1n) is 7.87. The van der Waals surface area contributed by atoms with Gasteiger partial charge in [-0.1, -0.05) is 37.3 Å². The number of hydrogen-bond acceptors (Lipinski definition) is 4. The number of esters is 1. The first-order valence-corrected chi connectivity index (χ1v) is 7.87. The zero-order chi connectivity index (χ0) is 19.2. The Kier molecular flexibility index (Phi) is 6.32. The summed E-state index contributed by atoms with van der Waals surface area (Å²) in [4.78, 5) is 27.4. The van der Waals surface area contributed by atoms with E-state index in [-0.39, 0.29) is 18.5 Å². The molecule has 138 valence electrons. The second-order valence-electron chi connectivity index (χ2n) is 5.44. The fourth-order valence-corrected chi connectivity index (χ4v) is 2.10. The predicted octanol–water partition coefficient (Wildman–Crippen LogP) is 3.35. The molecule has 0 aliphatic heterocycles. The Morgan fingerprint density at radius 2 is 1.85 bits per heavy atom. The molecular weight excluding hydrogens is 349 g/mol. The van der Waals surface area contributed by atoms with Gasteiger partial charge in [-0.05, 0) is 24.1 Å². The van der Waals surface area contributed by atoms with Gasteiger partial charge in [-0.2, -0.15) is 13.2 Å². The molecule has 0 spiro atoms. The third-order valence-electron chi connectivity index (χ3n) is 3.51. The number of nitrogens with zero attached hydrogens (tertiary/aromatic N) is 1. The minimum absolute atomic E-state index is 0.160. The fraction of sp³-hybridized carbons (Fsp3) is 0.278. The molecule has 2 rings (SSSR count). The molecule has 5 nitrogen and oxygen atoms in total. The molecule has 26 heavy (non-hydrogen) atoms. The molecule has 1 atom stereocenters. The van der Waals surface area contributed by atoms with Crippen LogP contribution in [0.2, 0.25) is 0 Å². The molecule has 0 fully saturated rings. The number of carbonyl (C=O) groups is 2. The second kappa shape index (κ2) is 8.46. The Morgan fingerprint density at radius 1 is 1.15 bits per heavy atom. The summed E-state index contributed by atoms with van der Waals surface area (Å²) >= 11 is 0. The minimum Gasteiger partial charge on any atom is -0.449 e. The third-order valence-corrected chi connectivity index (χ3v) is 3.51. The van der Waals surface area contributed by atoms with Crippen LogP contribution in [0.5, 0.6) is 0 Å².